The molecule has 0 N–H and O–H groups in total. The standard InChI is InChI=1S/C20H21N5O2S/c1-16-4-2-6-18(14-16)28(26,27)25-12-10-24(11-13-25)20-8-7-19(22-23-20)17-5-3-9-21-15-17/h2-9,14-15H,10-13H2,1H3. The number of rotatable bonds is 4. The van der Waals surface area contributed by atoms with E-state index in [-0.39, 0.29) is 0 Å². The molecule has 1 aliphatic heterocycles. The number of sulfonamides is 1. The van der Waals surface area contributed by atoms with E-state index >= 15 is 0 Å². The summed E-state index contributed by atoms with van der Waals surface area (Å²) in [6, 6.07) is 14.7. The summed E-state index contributed by atoms with van der Waals surface area (Å²) in [6.07, 6.45) is 3.47. The Kier molecular flexibility index (Phi) is 5.06. The zero-order valence-corrected chi connectivity index (χ0v) is 16.4. The van der Waals surface area contributed by atoms with E-state index in [2.05, 4.69) is 20.1 Å². The van der Waals surface area contributed by atoms with Gasteiger partial charge in [-0.2, -0.15) is 4.31 Å². The Hall–Kier alpha value is -2.84. The first-order valence-corrected chi connectivity index (χ1v) is 10.5. The van der Waals surface area contributed by atoms with Gasteiger partial charge < -0.3 is 4.90 Å². The maximum Gasteiger partial charge on any atom is 0.243 e. The highest BCUT2D eigenvalue weighted by Crippen LogP contribution is 2.22. The van der Waals surface area contributed by atoms with Crippen LogP contribution < -0.4 is 4.90 Å². The third kappa shape index (κ3) is 3.74. The van der Waals surface area contributed by atoms with Crippen LogP contribution in [0.1, 0.15) is 5.56 Å². The van der Waals surface area contributed by atoms with Gasteiger partial charge in [0, 0.05) is 44.1 Å². The van der Waals surface area contributed by atoms with E-state index in [1.54, 1.807) is 30.6 Å². The van der Waals surface area contributed by atoms with Gasteiger partial charge in [0.25, 0.3) is 0 Å². The van der Waals surface area contributed by atoms with E-state index in [0.29, 0.717) is 31.1 Å². The highest BCUT2D eigenvalue weighted by molar-refractivity contribution is 7.89. The molecule has 4 rings (SSSR count). The number of pyridine rings is 1. The predicted molar refractivity (Wildman–Crippen MR) is 107 cm³/mol. The molecule has 1 saturated heterocycles. The highest BCUT2D eigenvalue weighted by Gasteiger charge is 2.29. The molecular formula is C20H21N5O2S. The van der Waals surface area contributed by atoms with Crippen molar-refractivity contribution in [3.05, 3.63) is 66.5 Å². The quantitative estimate of drug-likeness (QED) is 0.675. The van der Waals surface area contributed by atoms with Gasteiger partial charge in [-0.05, 0) is 48.9 Å². The van der Waals surface area contributed by atoms with Crippen LogP contribution in [0.25, 0.3) is 11.3 Å². The summed E-state index contributed by atoms with van der Waals surface area (Å²) in [7, 11) is -3.47. The topological polar surface area (TPSA) is 79.3 Å². The van der Waals surface area contributed by atoms with Crippen molar-refractivity contribution in [3.8, 4) is 11.3 Å². The molecule has 2 aromatic heterocycles. The average Bonchev–Trinajstić information content (AvgIpc) is 2.75. The lowest BCUT2D eigenvalue weighted by atomic mass is 10.2. The number of aromatic nitrogens is 3. The lowest BCUT2D eigenvalue weighted by Gasteiger charge is -2.34. The van der Waals surface area contributed by atoms with Crippen molar-refractivity contribution < 1.29 is 8.42 Å². The fraction of sp³-hybridized carbons (Fsp3) is 0.250. The van der Waals surface area contributed by atoms with Gasteiger partial charge in [0.05, 0.1) is 10.6 Å². The normalized spacial score (nSPS) is 15.5. The highest BCUT2D eigenvalue weighted by atomic mass is 32.2. The van der Waals surface area contributed by atoms with Gasteiger partial charge in [-0.1, -0.05) is 12.1 Å². The molecule has 3 heterocycles. The third-order valence-corrected chi connectivity index (χ3v) is 6.69. The van der Waals surface area contributed by atoms with E-state index in [0.717, 1.165) is 22.6 Å². The Morgan fingerprint density at radius 2 is 1.75 bits per heavy atom. The summed E-state index contributed by atoms with van der Waals surface area (Å²) in [6.45, 7) is 3.88. The number of piperazine rings is 1. The molecule has 28 heavy (non-hydrogen) atoms. The Bertz CT molecular complexity index is 1050. The number of nitrogens with zero attached hydrogens (tertiary/aromatic N) is 5. The zero-order valence-electron chi connectivity index (χ0n) is 15.6. The molecule has 7 nitrogen and oxygen atoms in total. The average molecular weight is 395 g/mol. The fourth-order valence-electron chi connectivity index (χ4n) is 3.24. The summed E-state index contributed by atoms with van der Waals surface area (Å²) in [4.78, 5) is 6.50. The first-order chi connectivity index (χ1) is 13.5. The smallest absolute Gasteiger partial charge is 0.243 e. The summed E-state index contributed by atoms with van der Waals surface area (Å²) in [5.41, 5.74) is 2.61. The summed E-state index contributed by atoms with van der Waals surface area (Å²) < 4.78 is 27.3. The zero-order chi connectivity index (χ0) is 19.6. The van der Waals surface area contributed by atoms with Crippen LogP contribution in [0.4, 0.5) is 5.82 Å². The van der Waals surface area contributed by atoms with Crippen LogP contribution in [-0.4, -0.2) is 54.1 Å². The van der Waals surface area contributed by atoms with Crippen molar-refractivity contribution >= 4 is 15.8 Å². The van der Waals surface area contributed by atoms with Gasteiger partial charge in [-0.3, -0.25) is 4.98 Å². The molecule has 8 heteroatoms. The largest absolute Gasteiger partial charge is 0.352 e. The number of benzene rings is 1. The van der Waals surface area contributed by atoms with Crippen molar-refractivity contribution in [3.63, 3.8) is 0 Å². The summed E-state index contributed by atoms with van der Waals surface area (Å²) in [5, 5.41) is 8.60. The Balaban J connectivity index is 1.44. The number of anilines is 1. The molecule has 1 fully saturated rings. The molecule has 0 unspecified atom stereocenters. The second kappa shape index (κ2) is 7.65. The second-order valence-corrected chi connectivity index (χ2v) is 8.66. The minimum absolute atomic E-state index is 0.349. The minimum Gasteiger partial charge on any atom is -0.352 e. The molecule has 0 saturated carbocycles. The van der Waals surface area contributed by atoms with Crippen molar-refractivity contribution in [2.75, 3.05) is 31.1 Å². The lowest BCUT2D eigenvalue weighted by molar-refractivity contribution is 0.383. The monoisotopic (exact) mass is 395 g/mol. The van der Waals surface area contributed by atoms with Gasteiger partial charge in [0.2, 0.25) is 10.0 Å². The molecule has 0 radical (unpaired) electrons. The van der Waals surface area contributed by atoms with Gasteiger partial charge in [-0.15, -0.1) is 10.2 Å². The first kappa shape index (κ1) is 18.5. The van der Waals surface area contributed by atoms with Crippen molar-refractivity contribution in [2.45, 2.75) is 11.8 Å². The molecule has 3 aromatic rings. The van der Waals surface area contributed by atoms with Gasteiger partial charge in [-0.25, -0.2) is 8.42 Å². The maximum atomic E-state index is 12.9. The summed E-state index contributed by atoms with van der Waals surface area (Å²) in [5.74, 6) is 0.750. The van der Waals surface area contributed by atoms with Gasteiger partial charge >= 0.3 is 0 Å². The van der Waals surface area contributed by atoms with Gasteiger partial charge in [0.1, 0.15) is 0 Å². The number of aryl methyl sites for hydroxylation is 1. The van der Waals surface area contributed by atoms with Gasteiger partial charge in [0.15, 0.2) is 5.82 Å². The van der Waals surface area contributed by atoms with Crippen LogP contribution in [0, 0.1) is 6.92 Å². The first-order valence-electron chi connectivity index (χ1n) is 9.10. The van der Waals surface area contributed by atoms with E-state index in [4.69, 9.17) is 0 Å². The van der Waals surface area contributed by atoms with Crippen LogP contribution in [0.5, 0.6) is 0 Å². The van der Waals surface area contributed by atoms with Crippen LogP contribution in [0.3, 0.4) is 0 Å². The second-order valence-electron chi connectivity index (χ2n) is 6.73. The minimum atomic E-state index is -3.47. The van der Waals surface area contributed by atoms with E-state index < -0.39 is 10.0 Å². The van der Waals surface area contributed by atoms with Crippen molar-refractivity contribution in [1.82, 2.24) is 19.5 Å². The van der Waals surface area contributed by atoms with Crippen LogP contribution in [-0.2, 0) is 10.0 Å². The predicted octanol–water partition coefficient (Wildman–Crippen LogP) is 2.36. The molecule has 0 atom stereocenters. The van der Waals surface area contributed by atoms with Crippen LogP contribution >= 0.6 is 0 Å². The molecule has 0 aliphatic carbocycles. The number of hydrogen-bond donors (Lipinski definition) is 0. The molecule has 0 spiro atoms. The number of hydrogen-bond acceptors (Lipinski definition) is 6. The van der Waals surface area contributed by atoms with E-state index in [9.17, 15) is 8.42 Å². The summed E-state index contributed by atoms with van der Waals surface area (Å²) >= 11 is 0. The molecule has 1 aliphatic rings. The van der Waals surface area contributed by atoms with E-state index in [1.807, 2.05) is 37.3 Å². The van der Waals surface area contributed by atoms with Crippen molar-refractivity contribution in [2.24, 2.45) is 0 Å². The van der Waals surface area contributed by atoms with E-state index in [1.165, 1.54) is 4.31 Å². The Labute approximate surface area is 164 Å². The molecule has 1 aromatic carbocycles. The molecular weight excluding hydrogens is 374 g/mol. The maximum absolute atomic E-state index is 12.9. The van der Waals surface area contributed by atoms with Crippen molar-refractivity contribution in [1.29, 1.82) is 0 Å². The SMILES string of the molecule is Cc1cccc(S(=O)(=O)N2CCN(c3ccc(-c4cccnc4)nn3)CC2)c1. The Morgan fingerprint density at radius 1 is 0.929 bits per heavy atom. The molecule has 144 valence electrons. The van der Waals surface area contributed by atoms with Crippen LogP contribution in [0.2, 0.25) is 0 Å². The lowest BCUT2D eigenvalue weighted by Crippen LogP contribution is -2.49. The fourth-order valence-corrected chi connectivity index (χ4v) is 4.77. The third-order valence-electron chi connectivity index (χ3n) is 4.80. The van der Waals surface area contributed by atoms with Crippen LogP contribution in [0.15, 0.2) is 65.8 Å². The molecule has 0 bridgehead atoms. The molecule has 0 amide bonds. The Morgan fingerprint density at radius 3 is 2.39 bits per heavy atom.